The fourth-order valence-corrected chi connectivity index (χ4v) is 4.13. The number of ether oxygens (including phenoxy) is 1. The molecule has 3 aromatic rings. The van der Waals surface area contributed by atoms with Crippen LogP contribution in [0, 0.1) is 5.82 Å². The SMILES string of the molecule is COc1ncc2c(N3C[C@@H](C)N[C@@H](C)C3)ccc(C(=O)Nc3cc(F)c(=O)n(CF)c3)c2n1. The van der Waals surface area contributed by atoms with E-state index in [1.54, 1.807) is 12.3 Å². The number of pyridine rings is 1. The first-order valence-corrected chi connectivity index (χ1v) is 10.4. The van der Waals surface area contributed by atoms with E-state index < -0.39 is 24.1 Å². The number of amides is 1. The molecule has 0 aliphatic carbocycles. The topological polar surface area (TPSA) is 101 Å². The second-order valence-corrected chi connectivity index (χ2v) is 8.05. The molecule has 1 aliphatic heterocycles. The Morgan fingerprint density at radius 2 is 2.03 bits per heavy atom. The molecular weight excluding hydrogens is 434 g/mol. The lowest BCUT2D eigenvalue weighted by Gasteiger charge is -2.38. The number of fused-ring (bicyclic) bond motifs is 1. The summed E-state index contributed by atoms with van der Waals surface area (Å²) in [6.07, 6.45) is 2.65. The summed E-state index contributed by atoms with van der Waals surface area (Å²) in [4.78, 5) is 35.5. The van der Waals surface area contributed by atoms with E-state index in [0.717, 1.165) is 31.0 Å². The summed E-state index contributed by atoms with van der Waals surface area (Å²) >= 11 is 0. The Morgan fingerprint density at radius 3 is 2.70 bits per heavy atom. The van der Waals surface area contributed by atoms with Crippen LogP contribution in [0.25, 0.3) is 10.9 Å². The minimum atomic E-state index is -1.22. The predicted molar refractivity (Wildman–Crippen MR) is 120 cm³/mol. The molecule has 2 atom stereocenters. The van der Waals surface area contributed by atoms with Gasteiger partial charge in [0.2, 0.25) is 0 Å². The number of carbonyl (C=O) groups excluding carboxylic acids is 1. The number of anilines is 2. The number of alkyl halides is 1. The number of aromatic nitrogens is 3. The molecule has 2 aromatic heterocycles. The summed E-state index contributed by atoms with van der Waals surface area (Å²) in [5.41, 5.74) is 0.264. The second kappa shape index (κ2) is 9.10. The minimum absolute atomic E-state index is 0.0576. The van der Waals surface area contributed by atoms with Gasteiger partial charge in [0, 0.05) is 54.7 Å². The van der Waals surface area contributed by atoms with Crippen LogP contribution in [0.15, 0.2) is 35.4 Å². The first-order chi connectivity index (χ1) is 15.8. The molecule has 1 amide bonds. The normalized spacial score (nSPS) is 18.4. The fraction of sp³-hybridized carbons (Fsp3) is 0.364. The number of piperazine rings is 1. The van der Waals surface area contributed by atoms with Gasteiger partial charge in [-0.25, -0.2) is 13.8 Å². The molecule has 0 spiro atoms. The minimum Gasteiger partial charge on any atom is -0.467 e. The van der Waals surface area contributed by atoms with Gasteiger partial charge in [-0.15, -0.1) is 0 Å². The molecule has 11 heteroatoms. The number of benzene rings is 1. The van der Waals surface area contributed by atoms with Crippen LogP contribution in [0.1, 0.15) is 24.2 Å². The molecule has 1 saturated heterocycles. The van der Waals surface area contributed by atoms with Gasteiger partial charge in [0.25, 0.3) is 11.5 Å². The molecule has 2 N–H and O–H groups in total. The summed E-state index contributed by atoms with van der Waals surface area (Å²) < 4.78 is 32.6. The van der Waals surface area contributed by atoms with Crippen molar-refractivity contribution in [2.24, 2.45) is 0 Å². The monoisotopic (exact) mass is 458 g/mol. The zero-order valence-electron chi connectivity index (χ0n) is 18.4. The van der Waals surface area contributed by atoms with Crippen molar-refractivity contribution < 1.29 is 18.3 Å². The van der Waals surface area contributed by atoms with Crippen molar-refractivity contribution in [3.63, 3.8) is 0 Å². The number of methoxy groups -OCH3 is 1. The van der Waals surface area contributed by atoms with Crippen LogP contribution in [0.4, 0.5) is 20.2 Å². The predicted octanol–water partition coefficient (Wildman–Crippen LogP) is 2.31. The highest BCUT2D eigenvalue weighted by Crippen LogP contribution is 2.31. The summed E-state index contributed by atoms with van der Waals surface area (Å²) in [7, 11) is 1.42. The van der Waals surface area contributed by atoms with E-state index in [9.17, 15) is 18.4 Å². The molecular formula is C22H24F2N6O3. The zero-order chi connectivity index (χ0) is 23.7. The van der Waals surface area contributed by atoms with Crippen LogP contribution in [0.3, 0.4) is 0 Å². The number of carbonyl (C=O) groups is 1. The molecule has 3 heterocycles. The van der Waals surface area contributed by atoms with Gasteiger partial charge in [-0.05, 0) is 26.0 Å². The van der Waals surface area contributed by atoms with Gasteiger partial charge < -0.3 is 20.3 Å². The Hall–Kier alpha value is -3.60. The summed E-state index contributed by atoms with van der Waals surface area (Å²) in [5.74, 6) is -1.77. The molecule has 174 valence electrons. The summed E-state index contributed by atoms with van der Waals surface area (Å²) in [5, 5.41) is 6.65. The molecule has 0 unspecified atom stereocenters. The van der Waals surface area contributed by atoms with E-state index in [0.29, 0.717) is 15.5 Å². The molecule has 0 saturated carbocycles. The summed E-state index contributed by atoms with van der Waals surface area (Å²) in [6.45, 7) is 4.51. The number of rotatable bonds is 5. The molecule has 1 aromatic carbocycles. The van der Waals surface area contributed by atoms with Crippen molar-refractivity contribution in [2.75, 3.05) is 30.4 Å². The van der Waals surface area contributed by atoms with Gasteiger partial charge in [0.15, 0.2) is 12.6 Å². The Balaban J connectivity index is 1.76. The van der Waals surface area contributed by atoms with E-state index in [4.69, 9.17) is 4.74 Å². The molecule has 9 nitrogen and oxygen atoms in total. The Bertz CT molecular complexity index is 1250. The van der Waals surface area contributed by atoms with E-state index >= 15 is 0 Å². The highest BCUT2D eigenvalue weighted by Gasteiger charge is 2.25. The first-order valence-electron chi connectivity index (χ1n) is 10.4. The average molecular weight is 458 g/mol. The van der Waals surface area contributed by atoms with Crippen LogP contribution in [0.5, 0.6) is 6.01 Å². The largest absolute Gasteiger partial charge is 0.467 e. The van der Waals surface area contributed by atoms with Crippen LogP contribution in [0.2, 0.25) is 0 Å². The maximum Gasteiger partial charge on any atom is 0.316 e. The molecule has 0 bridgehead atoms. The zero-order valence-corrected chi connectivity index (χ0v) is 18.4. The van der Waals surface area contributed by atoms with Crippen LogP contribution in [-0.4, -0.2) is 52.7 Å². The average Bonchev–Trinajstić information content (AvgIpc) is 2.79. The van der Waals surface area contributed by atoms with Gasteiger partial charge in [0.1, 0.15) is 0 Å². The van der Waals surface area contributed by atoms with Crippen molar-refractivity contribution >= 4 is 28.2 Å². The third kappa shape index (κ3) is 4.49. The van der Waals surface area contributed by atoms with Crippen LogP contribution < -0.4 is 25.8 Å². The van der Waals surface area contributed by atoms with E-state index in [1.807, 2.05) is 6.07 Å². The lowest BCUT2D eigenvalue weighted by atomic mass is 10.0. The maximum absolute atomic E-state index is 13.9. The first kappa shape index (κ1) is 22.6. The second-order valence-electron chi connectivity index (χ2n) is 8.05. The van der Waals surface area contributed by atoms with Gasteiger partial charge >= 0.3 is 6.01 Å². The van der Waals surface area contributed by atoms with Gasteiger partial charge in [-0.3, -0.25) is 14.2 Å². The van der Waals surface area contributed by atoms with E-state index in [1.165, 1.54) is 7.11 Å². The van der Waals surface area contributed by atoms with Crippen molar-refractivity contribution in [2.45, 2.75) is 32.7 Å². The van der Waals surface area contributed by atoms with Crippen molar-refractivity contribution in [3.8, 4) is 6.01 Å². The van der Waals surface area contributed by atoms with Gasteiger partial charge in [0.05, 0.1) is 23.9 Å². The molecule has 4 rings (SSSR count). The van der Waals surface area contributed by atoms with Gasteiger partial charge in [-0.1, -0.05) is 0 Å². The summed E-state index contributed by atoms with van der Waals surface area (Å²) in [6, 6.07) is 4.92. The van der Waals surface area contributed by atoms with Crippen molar-refractivity contribution in [1.82, 2.24) is 19.9 Å². The van der Waals surface area contributed by atoms with E-state index in [-0.39, 0.29) is 29.3 Å². The fourth-order valence-electron chi connectivity index (χ4n) is 4.13. The number of hydrogen-bond acceptors (Lipinski definition) is 7. The van der Waals surface area contributed by atoms with Crippen LogP contribution >= 0.6 is 0 Å². The third-order valence-electron chi connectivity index (χ3n) is 5.46. The lowest BCUT2D eigenvalue weighted by molar-refractivity contribution is 0.102. The van der Waals surface area contributed by atoms with Crippen LogP contribution in [-0.2, 0) is 6.80 Å². The molecule has 33 heavy (non-hydrogen) atoms. The number of halogens is 2. The van der Waals surface area contributed by atoms with E-state index in [2.05, 4.69) is 39.3 Å². The van der Waals surface area contributed by atoms with Gasteiger partial charge in [-0.2, -0.15) is 4.98 Å². The maximum atomic E-state index is 13.9. The molecule has 1 aliphatic rings. The molecule has 0 radical (unpaired) electrons. The number of hydrogen-bond donors (Lipinski definition) is 2. The Kier molecular flexibility index (Phi) is 6.23. The number of nitrogens with one attached hydrogen (secondary N) is 2. The Morgan fingerprint density at radius 1 is 1.30 bits per heavy atom. The smallest absolute Gasteiger partial charge is 0.316 e. The quantitative estimate of drug-likeness (QED) is 0.605. The van der Waals surface area contributed by atoms with Crippen molar-refractivity contribution in [3.05, 3.63) is 52.3 Å². The highest BCUT2D eigenvalue weighted by atomic mass is 19.1. The van der Waals surface area contributed by atoms with Crippen molar-refractivity contribution in [1.29, 1.82) is 0 Å². The highest BCUT2D eigenvalue weighted by molar-refractivity contribution is 6.13. The standard InChI is InChI=1S/C22H24F2N6O3/c1-12-8-29(9-13(2)26-12)18-5-4-15(19-16(18)7-25-22(28-19)33-3)20(31)27-14-6-17(24)21(32)30(10-14)11-23/h4-7,10,12-13,26H,8-9,11H2,1-3H3,(H,27,31)/t12-,13+. The lowest BCUT2D eigenvalue weighted by Crippen LogP contribution is -2.54. The molecule has 1 fully saturated rings. The number of nitrogens with zero attached hydrogens (tertiary/aromatic N) is 4. The Labute approximate surface area is 188 Å². The third-order valence-corrected chi connectivity index (χ3v) is 5.46.